The van der Waals surface area contributed by atoms with Gasteiger partial charge in [-0.3, -0.25) is 4.79 Å². The van der Waals surface area contributed by atoms with E-state index in [0.717, 1.165) is 18.5 Å². The summed E-state index contributed by atoms with van der Waals surface area (Å²) in [5.74, 6) is -0.880. The van der Waals surface area contributed by atoms with E-state index < -0.39 is 5.97 Å². The maximum absolute atomic E-state index is 11.9. The van der Waals surface area contributed by atoms with Gasteiger partial charge in [0.1, 0.15) is 0 Å². The first-order chi connectivity index (χ1) is 7.50. The fourth-order valence-electron chi connectivity index (χ4n) is 1.89. The third-order valence-electron chi connectivity index (χ3n) is 2.85. The van der Waals surface area contributed by atoms with E-state index in [0.29, 0.717) is 0 Å². The second-order valence-electron chi connectivity index (χ2n) is 4.57. The summed E-state index contributed by atoms with van der Waals surface area (Å²) in [5.41, 5.74) is 0.726. The van der Waals surface area contributed by atoms with Crippen LogP contribution in [0.4, 0.5) is 0 Å². The fourth-order valence-corrected chi connectivity index (χ4v) is 1.89. The van der Waals surface area contributed by atoms with Crippen molar-refractivity contribution in [1.82, 2.24) is 4.57 Å². The van der Waals surface area contributed by atoms with Crippen molar-refractivity contribution in [1.29, 1.82) is 0 Å². The molecule has 1 aromatic rings. The van der Waals surface area contributed by atoms with Crippen molar-refractivity contribution in [3.8, 4) is 0 Å². The van der Waals surface area contributed by atoms with Gasteiger partial charge in [0.25, 0.3) is 5.56 Å². The molecule has 16 heavy (non-hydrogen) atoms. The first-order valence-electron chi connectivity index (χ1n) is 5.50. The maximum atomic E-state index is 11.9. The van der Waals surface area contributed by atoms with Gasteiger partial charge in [0, 0.05) is 17.8 Å². The predicted octanol–water partition coefficient (Wildman–Crippen LogP) is 2.00. The third kappa shape index (κ3) is 1.87. The second kappa shape index (κ2) is 3.77. The van der Waals surface area contributed by atoms with Gasteiger partial charge in [-0.25, -0.2) is 4.79 Å². The molecule has 2 rings (SSSR count). The topological polar surface area (TPSA) is 59.3 Å². The molecular formula is C12H15NO3. The summed E-state index contributed by atoms with van der Waals surface area (Å²) in [6, 6.07) is 3.12. The van der Waals surface area contributed by atoms with Crippen molar-refractivity contribution in [3.63, 3.8) is 0 Å². The van der Waals surface area contributed by atoms with Crippen LogP contribution in [0.25, 0.3) is 0 Å². The van der Waals surface area contributed by atoms with Gasteiger partial charge in [0.05, 0.1) is 5.56 Å². The highest BCUT2D eigenvalue weighted by atomic mass is 16.4. The molecule has 0 saturated heterocycles. The summed E-state index contributed by atoms with van der Waals surface area (Å²) in [5, 5.41) is 8.91. The van der Waals surface area contributed by atoms with Gasteiger partial charge in [0.2, 0.25) is 0 Å². The van der Waals surface area contributed by atoms with E-state index in [1.165, 1.54) is 6.07 Å². The van der Waals surface area contributed by atoms with E-state index >= 15 is 0 Å². The molecular weight excluding hydrogens is 206 g/mol. The Labute approximate surface area is 93.5 Å². The number of pyridine rings is 1. The Morgan fingerprint density at radius 3 is 2.50 bits per heavy atom. The molecule has 4 nitrogen and oxygen atoms in total. The highest BCUT2D eigenvalue weighted by Crippen LogP contribution is 2.36. The molecule has 0 amide bonds. The van der Waals surface area contributed by atoms with Crippen molar-refractivity contribution in [3.05, 3.63) is 33.7 Å². The first kappa shape index (κ1) is 10.9. The number of carboxylic acid groups (broad SMARTS) is 1. The molecule has 1 aliphatic carbocycles. The minimum Gasteiger partial charge on any atom is -0.478 e. The smallest absolute Gasteiger partial charge is 0.335 e. The van der Waals surface area contributed by atoms with E-state index in [2.05, 4.69) is 0 Å². The van der Waals surface area contributed by atoms with Gasteiger partial charge in [0.15, 0.2) is 0 Å². The van der Waals surface area contributed by atoms with Crippen LogP contribution < -0.4 is 5.56 Å². The summed E-state index contributed by atoms with van der Waals surface area (Å²) >= 11 is 0. The normalized spacial score (nSPS) is 15.4. The van der Waals surface area contributed by atoms with E-state index in [1.54, 1.807) is 10.6 Å². The Kier molecular flexibility index (Phi) is 2.58. The van der Waals surface area contributed by atoms with Crippen LogP contribution in [0.15, 0.2) is 16.9 Å². The van der Waals surface area contributed by atoms with E-state index in [4.69, 9.17) is 5.11 Å². The summed E-state index contributed by atoms with van der Waals surface area (Å²) in [6.45, 7) is 3.94. The van der Waals surface area contributed by atoms with E-state index in [1.807, 2.05) is 13.8 Å². The zero-order valence-corrected chi connectivity index (χ0v) is 9.43. The Bertz CT molecular complexity index is 484. The fraction of sp³-hybridized carbons (Fsp3) is 0.500. The number of hydrogen-bond donors (Lipinski definition) is 1. The molecule has 1 fully saturated rings. The number of hydrogen-bond acceptors (Lipinski definition) is 2. The van der Waals surface area contributed by atoms with E-state index in [-0.39, 0.29) is 23.1 Å². The lowest BCUT2D eigenvalue weighted by atomic mass is 10.1. The first-order valence-corrected chi connectivity index (χ1v) is 5.50. The van der Waals surface area contributed by atoms with Gasteiger partial charge >= 0.3 is 5.97 Å². The third-order valence-corrected chi connectivity index (χ3v) is 2.85. The molecule has 0 aromatic carbocycles. The molecule has 1 aromatic heterocycles. The molecule has 0 spiro atoms. The summed E-state index contributed by atoms with van der Waals surface area (Å²) in [4.78, 5) is 22.7. The number of aromatic nitrogens is 1. The van der Waals surface area contributed by atoms with Gasteiger partial charge in [-0.2, -0.15) is 0 Å². The highest BCUT2D eigenvalue weighted by molar-refractivity contribution is 5.87. The van der Waals surface area contributed by atoms with Crippen LogP contribution in [0.1, 0.15) is 54.7 Å². The average Bonchev–Trinajstić information content (AvgIpc) is 2.99. The number of aromatic carboxylic acids is 1. The second-order valence-corrected chi connectivity index (χ2v) is 4.57. The van der Waals surface area contributed by atoms with Crippen LogP contribution in [0.3, 0.4) is 0 Å². The van der Waals surface area contributed by atoms with Gasteiger partial charge in [-0.15, -0.1) is 0 Å². The van der Waals surface area contributed by atoms with Crippen molar-refractivity contribution >= 4 is 5.97 Å². The lowest BCUT2D eigenvalue weighted by Gasteiger charge is -2.15. The molecule has 0 radical (unpaired) electrons. The quantitative estimate of drug-likeness (QED) is 0.849. The van der Waals surface area contributed by atoms with Gasteiger partial charge in [-0.1, -0.05) is 13.8 Å². The monoisotopic (exact) mass is 221 g/mol. The molecule has 0 aliphatic heterocycles. The minimum atomic E-state index is -1.04. The zero-order valence-electron chi connectivity index (χ0n) is 9.43. The van der Waals surface area contributed by atoms with Gasteiger partial charge < -0.3 is 9.67 Å². The molecule has 4 heteroatoms. The average molecular weight is 221 g/mol. The van der Waals surface area contributed by atoms with Gasteiger partial charge in [-0.05, 0) is 24.8 Å². The Morgan fingerprint density at radius 1 is 1.44 bits per heavy atom. The molecule has 86 valence electrons. The molecule has 1 heterocycles. The number of carbonyl (C=O) groups is 1. The molecule has 0 atom stereocenters. The molecule has 1 aliphatic rings. The van der Waals surface area contributed by atoms with E-state index in [9.17, 15) is 9.59 Å². The largest absolute Gasteiger partial charge is 0.478 e. The predicted molar refractivity (Wildman–Crippen MR) is 60.0 cm³/mol. The molecule has 0 unspecified atom stereocenters. The van der Waals surface area contributed by atoms with Crippen LogP contribution in [0.5, 0.6) is 0 Å². The van der Waals surface area contributed by atoms with Crippen LogP contribution >= 0.6 is 0 Å². The molecule has 1 saturated carbocycles. The zero-order chi connectivity index (χ0) is 11.9. The number of nitrogens with zero attached hydrogens (tertiary/aromatic N) is 1. The van der Waals surface area contributed by atoms with Crippen molar-refractivity contribution in [2.45, 2.75) is 38.6 Å². The standard InChI is InChI=1S/C12H15NO3/c1-7(2)10-5-8(12(15)16)6-11(14)13(10)9-3-4-9/h5-7,9H,3-4H2,1-2H3,(H,15,16). The lowest BCUT2D eigenvalue weighted by Crippen LogP contribution is -2.24. The van der Waals surface area contributed by atoms with Crippen molar-refractivity contribution < 1.29 is 9.90 Å². The Balaban J connectivity index is 2.60. The lowest BCUT2D eigenvalue weighted by molar-refractivity contribution is 0.0696. The Hall–Kier alpha value is -1.58. The number of rotatable bonds is 3. The summed E-state index contributed by atoms with van der Waals surface area (Å²) in [6.07, 6.45) is 2.04. The molecule has 1 N–H and O–H groups in total. The SMILES string of the molecule is CC(C)c1cc(C(=O)O)cc(=O)n1C1CC1. The van der Waals surface area contributed by atoms with Crippen molar-refractivity contribution in [2.24, 2.45) is 0 Å². The van der Waals surface area contributed by atoms with Crippen molar-refractivity contribution in [2.75, 3.05) is 0 Å². The Morgan fingerprint density at radius 2 is 2.06 bits per heavy atom. The van der Waals surface area contributed by atoms with Crippen LogP contribution in [0.2, 0.25) is 0 Å². The van der Waals surface area contributed by atoms with Crippen LogP contribution in [0, 0.1) is 0 Å². The molecule has 0 bridgehead atoms. The summed E-state index contributed by atoms with van der Waals surface area (Å²) < 4.78 is 1.75. The van der Waals surface area contributed by atoms with Crippen LogP contribution in [-0.4, -0.2) is 15.6 Å². The maximum Gasteiger partial charge on any atom is 0.335 e. The highest BCUT2D eigenvalue weighted by Gasteiger charge is 2.28. The summed E-state index contributed by atoms with van der Waals surface area (Å²) in [7, 11) is 0. The number of carboxylic acids is 1. The minimum absolute atomic E-state index is 0.0885. The van der Waals surface area contributed by atoms with Crippen LogP contribution in [-0.2, 0) is 0 Å².